The Hall–Kier alpha value is -2.67. The number of para-hydroxylation sites is 1. The fraction of sp³-hybridized carbons (Fsp3) is 0.318. The summed E-state index contributed by atoms with van der Waals surface area (Å²) in [6, 6.07) is 6.89. The first-order valence-corrected chi connectivity index (χ1v) is 10.5. The van der Waals surface area contributed by atoms with Crippen LogP contribution in [-0.4, -0.2) is 34.0 Å². The quantitative estimate of drug-likeness (QED) is 0.521. The summed E-state index contributed by atoms with van der Waals surface area (Å²) in [5.41, 5.74) is 13.5. The number of nitrogen functional groups attached to an aromatic ring is 1. The first kappa shape index (κ1) is 21.0. The molecule has 154 valence electrons. The number of halogens is 1. The summed E-state index contributed by atoms with van der Waals surface area (Å²) < 4.78 is 0.827. The van der Waals surface area contributed by atoms with Gasteiger partial charge in [0.15, 0.2) is 0 Å². The van der Waals surface area contributed by atoms with Crippen LogP contribution in [-0.2, 0) is 4.79 Å². The van der Waals surface area contributed by atoms with Gasteiger partial charge in [0.2, 0.25) is 5.91 Å². The van der Waals surface area contributed by atoms with Gasteiger partial charge < -0.3 is 26.5 Å². The van der Waals surface area contributed by atoms with Crippen LogP contribution in [0.3, 0.4) is 0 Å². The number of carbonyl (C=O) groups excluding carboxylic acids is 1. The van der Waals surface area contributed by atoms with Gasteiger partial charge in [0, 0.05) is 40.6 Å². The van der Waals surface area contributed by atoms with Gasteiger partial charge >= 0.3 is 0 Å². The number of aromatic hydroxyl groups is 1. The standard InChI is InChI=1S/C12H12BrN3O.C10H15NO/c13-9-6-16-12(15)8(9)5-10(14)7-3-1-2-4-11(7)17;1-2-10(12)11-6-8-4-3-5-9(8)7-11/h1-6,16-17H,14-15H2;2,8-9H,1,3-7H2/b10-5-;. The number of carbonyl (C=O) groups is 1. The maximum Gasteiger partial charge on any atom is 0.245 e. The average Bonchev–Trinajstić information content (AvgIpc) is 3.39. The molecule has 1 amide bonds. The number of anilines is 1. The number of amides is 1. The zero-order chi connectivity index (χ0) is 21.0. The number of aromatic amines is 1. The van der Waals surface area contributed by atoms with Crippen molar-refractivity contribution in [2.24, 2.45) is 17.6 Å². The molecule has 1 saturated carbocycles. The lowest BCUT2D eigenvalue weighted by molar-refractivity contribution is -0.125. The lowest BCUT2D eigenvalue weighted by atomic mass is 10.0. The van der Waals surface area contributed by atoms with Gasteiger partial charge in [-0.3, -0.25) is 4.79 Å². The van der Waals surface area contributed by atoms with Gasteiger partial charge in [-0.05, 0) is 64.9 Å². The van der Waals surface area contributed by atoms with E-state index in [1.807, 2.05) is 11.0 Å². The van der Waals surface area contributed by atoms with E-state index in [1.54, 1.807) is 30.5 Å². The normalized spacial score (nSPS) is 20.7. The minimum absolute atomic E-state index is 0.115. The smallest absolute Gasteiger partial charge is 0.245 e. The molecule has 1 aliphatic carbocycles. The fourth-order valence-corrected chi connectivity index (χ4v) is 4.51. The molecule has 1 aliphatic heterocycles. The lowest BCUT2D eigenvalue weighted by Gasteiger charge is -2.14. The molecule has 0 radical (unpaired) electrons. The summed E-state index contributed by atoms with van der Waals surface area (Å²) in [7, 11) is 0. The summed E-state index contributed by atoms with van der Waals surface area (Å²) in [4.78, 5) is 16.1. The number of aromatic nitrogens is 1. The number of benzene rings is 1. The third kappa shape index (κ3) is 4.85. The lowest BCUT2D eigenvalue weighted by Crippen LogP contribution is -2.27. The highest BCUT2D eigenvalue weighted by Gasteiger charge is 2.37. The largest absolute Gasteiger partial charge is 0.507 e. The number of fused-ring (bicyclic) bond motifs is 1. The Labute approximate surface area is 179 Å². The number of H-pyrrole nitrogens is 1. The highest BCUT2D eigenvalue weighted by atomic mass is 79.9. The molecule has 29 heavy (non-hydrogen) atoms. The fourth-order valence-electron chi connectivity index (χ4n) is 4.07. The van der Waals surface area contributed by atoms with Gasteiger partial charge in [0.1, 0.15) is 11.6 Å². The highest BCUT2D eigenvalue weighted by Crippen LogP contribution is 2.37. The molecule has 1 aromatic heterocycles. The zero-order valence-corrected chi connectivity index (χ0v) is 17.9. The molecular formula is C22H27BrN4O2. The van der Waals surface area contributed by atoms with E-state index >= 15 is 0 Å². The second-order valence-corrected chi connectivity index (χ2v) is 8.33. The maximum absolute atomic E-state index is 11.3. The Balaban J connectivity index is 0.000000176. The summed E-state index contributed by atoms with van der Waals surface area (Å²) >= 11 is 3.36. The van der Waals surface area contributed by atoms with Gasteiger partial charge in [0.05, 0.1) is 0 Å². The summed E-state index contributed by atoms with van der Waals surface area (Å²) in [5, 5.41) is 9.68. The number of nitrogens with zero attached hydrogens (tertiary/aromatic N) is 1. The van der Waals surface area contributed by atoms with Crippen LogP contribution < -0.4 is 11.5 Å². The SMILES string of the molecule is C=CC(=O)N1CC2CCCC2C1.N/C(=C\c1c(Br)c[nH]c1N)c1ccccc1O. The van der Waals surface area contributed by atoms with Crippen LogP contribution in [0.2, 0.25) is 0 Å². The van der Waals surface area contributed by atoms with Crippen LogP contribution in [0.4, 0.5) is 5.82 Å². The van der Waals surface area contributed by atoms with Crippen molar-refractivity contribution in [1.82, 2.24) is 9.88 Å². The first-order valence-electron chi connectivity index (χ1n) is 9.70. The van der Waals surface area contributed by atoms with Gasteiger partial charge in [0.25, 0.3) is 0 Å². The Morgan fingerprint density at radius 3 is 2.48 bits per heavy atom. The van der Waals surface area contributed by atoms with Crippen molar-refractivity contribution < 1.29 is 9.90 Å². The summed E-state index contributed by atoms with van der Waals surface area (Å²) in [5.74, 6) is 2.38. The topological polar surface area (TPSA) is 108 Å². The van der Waals surface area contributed by atoms with Crippen molar-refractivity contribution in [3.63, 3.8) is 0 Å². The predicted molar refractivity (Wildman–Crippen MR) is 121 cm³/mol. The number of rotatable bonds is 3. The van der Waals surface area contributed by atoms with Gasteiger partial charge in [-0.1, -0.05) is 25.1 Å². The van der Waals surface area contributed by atoms with Crippen molar-refractivity contribution in [3.05, 3.63) is 58.7 Å². The molecule has 1 saturated heterocycles. The Morgan fingerprint density at radius 2 is 1.93 bits per heavy atom. The minimum atomic E-state index is 0.115. The van der Waals surface area contributed by atoms with E-state index in [2.05, 4.69) is 27.5 Å². The average molecular weight is 459 g/mol. The molecule has 4 rings (SSSR count). The van der Waals surface area contributed by atoms with Gasteiger partial charge in [-0.25, -0.2) is 0 Å². The number of hydrogen-bond acceptors (Lipinski definition) is 4. The molecule has 2 aromatic rings. The molecule has 2 aliphatic rings. The zero-order valence-electron chi connectivity index (χ0n) is 16.3. The molecular weight excluding hydrogens is 432 g/mol. The highest BCUT2D eigenvalue weighted by molar-refractivity contribution is 9.10. The number of phenols is 1. The molecule has 2 fully saturated rings. The van der Waals surface area contributed by atoms with Crippen LogP contribution in [0.25, 0.3) is 11.8 Å². The molecule has 7 heteroatoms. The number of hydrogen-bond donors (Lipinski definition) is 4. The van der Waals surface area contributed by atoms with Crippen molar-refractivity contribution in [3.8, 4) is 5.75 Å². The number of nitrogens with one attached hydrogen (secondary N) is 1. The van der Waals surface area contributed by atoms with E-state index in [1.165, 1.54) is 25.3 Å². The molecule has 2 atom stereocenters. The van der Waals surface area contributed by atoms with E-state index in [-0.39, 0.29) is 11.7 Å². The maximum atomic E-state index is 11.3. The van der Waals surface area contributed by atoms with E-state index < -0.39 is 0 Å². The Morgan fingerprint density at radius 1 is 1.28 bits per heavy atom. The van der Waals surface area contributed by atoms with Gasteiger partial charge in [-0.15, -0.1) is 0 Å². The van der Waals surface area contributed by atoms with E-state index in [0.717, 1.165) is 35.0 Å². The van der Waals surface area contributed by atoms with Crippen LogP contribution in [0, 0.1) is 11.8 Å². The molecule has 2 heterocycles. The molecule has 2 unspecified atom stereocenters. The second-order valence-electron chi connectivity index (χ2n) is 7.48. The molecule has 6 nitrogen and oxygen atoms in total. The molecule has 0 spiro atoms. The van der Waals surface area contributed by atoms with Gasteiger partial charge in [-0.2, -0.15) is 0 Å². The Kier molecular flexibility index (Phi) is 6.69. The van der Waals surface area contributed by atoms with Crippen LogP contribution in [0.5, 0.6) is 5.75 Å². The predicted octanol–water partition coefficient (Wildman–Crippen LogP) is 3.95. The third-order valence-corrected chi connectivity index (χ3v) is 6.29. The minimum Gasteiger partial charge on any atom is -0.507 e. The van der Waals surface area contributed by atoms with Crippen molar-refractivity contribution in [2.45, 2.75) is 19.3 Å². The number of phenolic OH excluding ortho intramolecular Hbond substituents is 1. The van der Waals surface area contributed by atoms with E-state index in [9.17, 15) is 9.90 Å². The third-order valence-electron chi connectivity index (χ3n) is 5.63. The summed E-state index contributed by atoms with van der Waals surface area (Å²) in [6.07, 6.45) is 8.90. The molecule has 1 aromatic carbocycles. The number of likely N-dealkylation sites (tertiary alicyclic amines) is 1. The van der Waals surface area contributed by atoms with Crippen molar-refractivity contribution in [2.75, 3.05) is 18.8 Å². The van der Waals surface area contributed by atoms with Crippen LogP contribution in [0.1, 0.15) is 30.4 Å². The molecule has 0 bridgehead atoms. The number of nitrogens with two attached hydrogens (primary N) is 2. The monoisotopic (exact) mass is 458 g/mol. The van der Waals surface area contributed by atoms with E-state index in [0.29, 0.717) is 17.1 Å². The summed E-state index contributed by atoms with van der Waals surface area (Å²) in [6.45, 7) is 5.47. The van der Waals surface area contributed by atoms with Crippen molar-refractivity contribution >= 4 is 39.4 Å². The Bertz CT molecular complexity index is 890. The second kappa shape index (κ2) is 9.22. The van der Waals surface area contributed by atoms with Crippen LogP contribution in [0.15, 0.2) is 47.6 Å². The van der Waals surface area contributed by atoms with Crippen LogP contribution >= 0.6 is 15.9 Å². The van der Waals surface area contributed by atoms with Crippen molar-refractivity contribution in [1.29, 1.82) is 0 Å². The first-order chi connectivity index (χ1) is 13.9. The van der Waals surface area contributed by atoms with E-state index in [4.69, 9.17) is 11.5 Å². The molecule has 6 N–H and O–H groups in total.